The van der Waals surface area contributed by atoms with E-state index >= 15 is 0 Å². The zero-order valence-electron chi connectivity index (χ0n) is 21.1. The first-order chi connectivity index (χ1) is 17.6. The fraction of sp³-hybridized carbons (Fsp3) is 0.500. The van der Waals surface area contributed by atoms with Crippen LogP contribution in [0.1, 0.15) is 36.9 Å². The third-order valence-electron chi connectivity index (χ3n) is 7.39. The van der Waals surface area contributed by atoms with E-state index in [2.05, 4.69) is 28.1 Å². The Morgan fingerprint density at radius 2 is 1.64 bits per heavy atom. The van der Waals surface area contributed by atoms with Crippen LogP contribution in [0.4, 0.5) is 5.69 Å². The SMILES string of the molecule is CCc1ccccc1NC(=O)CN1CCN(CC(=O)N2CCCC2c2ccc3c(c2)OCCO3)CC1. The van der Waals surface area contributed by atoms with Crippen molar-refractivity contribution in [1.29, 1.82) is 0 Å². The lowest BCUT2D eigenvalue weighted by molar-refractivity contribution is -0.134. The Labute approximate surface area is 213 Å². The highest BCUT2D eigenvalue weighted by atomic mass is 16.6. The summed E-state index contributed by atoms with van der Waals surface area (Å²) in [7, 11) is 0. The van der Waals surface area contributed by atoms with Crippen molar-refractivity contribution >= 4 is 17.5 Å². The number of rotatable bonds is 7. The van der Waals surface area contributed by atoms with E-state index in [1.807, 2.05) is 41.3 Å². The van der Waals surface area contributed by atoms with E-state index in [-0.39, 0.29) is 17.9 Å². The average Bonchev–Trinajstić information content (AvgIpc) is 3.40. The number of hydrogen-bond acceptors (Lipinski definition) is 6. The number of anilines is 1. The van der Waals surface area contributed by atoms with Gasteiger partial charge in [0, 0.05) is 38.4 Å². The molecule has 1 unspecified atom stereocenters. The topological polar surface area (TPSA) is 74.4 Å². The molecule has 5 rings (SSSR count). The van der Waals surface area contributed by atoms with Crippen LogP contribution in [0, 0.1) is 0 Å². The fourth-order valence-electron chi connectivity index (χ4n) is 5.41. The van der Waals surface area contributed by atoms with Crippen LogP contribution in [-0.2, 0) is 16.0 Å². The maximum absolute atomic E-state index is 13.3. The van der Waals surface area contributed by atoms with Gasteiger partial charge in [0.15, 0.2) is 11.5 Å². The van der Waals surface area contributed by atoms with Gasteiger partial charge in [0.25, 0.3) is 0 Å². The van der Waals surface area contributed by atoms with Crippen molar-refractivity contribution in [2.45, 2.75) is 32.2 Å². The Morgan fingerprint density at radius 3 is 2.42 bits per heavy atom. The number of piperazine rings is 1. The van der Waals surface area contributed by atoms with Gasteiger partial charge in [0.2, 0.25) is 11.8 Å². The predicted octanol–water partition coefficient (Wildman–Crippen LogP) is 2.94. The third-order valence-corrected chi connectivity index (χ3v) is 7.39. The minimum Gasteiger partial charge on any atom is -0.486 e. The molecule has 3 heterocycles. The number of hydrogen-bond donors (Lipinski definition) is 1. The average molecular weight is 493 g/mol. The fourth-order valence-corrected chi connectivity index (χ4v) is 5.41. The second kappa shape index (κ2) is 11.3. The van der Waals surface area contributed by atoms with Gasteiger partial charge in [-0.15, -0.1) is 0 Å². The lowest BCUT2D eigenvalue weighted by Crippen LogP contribution is -2.51. The largest absolute Gasteiger partial charge is 0.486 e. The van der Waals surface area contributed by atoms with Crippen LogP contribution in [0.2, 0.25) is 0 Å². The van der Waals surface area contributed by atoms with E-state index < -0.39 is 0 Å². The maximum atomic E-state index is 13.3. The number of amides is 2. The normalized spacial score (nSPS) is 20.4. The lowest BCUT2D eigenvalue weighted by Gasteiger charge is -2.35. The van der Waals surface area contributed by atoms with Gasteiger partial charge in [-0.1, -0.05) is 31.2 Å². The number of ether oxygens (including phenoxy) is 2. The molecule has 0 spiro atoms. The van der Waals surface area contributed by atoms with Crippen molar-refractivity contribution in [2.24, 2.45) is 0 Å². The zero-order valence-corrected chi connectivity index (χ0v) is 21.1. The van der Waals surface area contributed by atoms with E-state index in [1.165, 1.54) is 0 Å². The van der Waals surface area contributed by atoms with Gasteiger partial charge < -0.3 is 19.7 Å². The number of para-hydroxylation sites is 1. The van der Waals surface area contributed by atoms with Gasteiger partial charge in [0.05, 0.1) is 19.1 Å². The van der Waals surface area contributed by atoms with Crippen LogP contribution in [-0.4, -0.2) is 85.5 Å². The van der Waals surface area contributed by atoms with Crippen molar-refractivity contribution in [1.82, 2.24) is 14.7 Å². The third kappa shape index (κ3) is 5.65. The molecular weight excluding hydrogens is 456 g/mol. The molecule has 2 aromatic rings. The highest BCUT2D eigenvalue weighted by Gasteiger charge is 2.32. The molecule has 192 valence electrons. The Hall–Kier alpha value is -3.10. The van der Waals surface area contributed by atoms with E-state index in [4.69, 9.17) is 9.47 Å². The van der Waals surface area contributed by atoms with Crippen molar-refractivity contribution in [2.75, 3.05) is 64.3 Å². The number of fused-ring (bicyclic) bond motifs is 1. The molecule has 3 aliphatic heterocycles. The molecule has 2 amide bonds. The van der Waals surface area contributed by atoms with Gasteiger partial charge in [-0.25, -0.2) is 0 Å². The standard InChI is InChI=1S/C28H36N4O4/c1-2-21-6-3-4-7-23(21)29-27(33)19-30-12-14-31(15-13-30)20-28(34)32-11-5-8-24(32)22-9-10-25-26(18-22)36-17-16-35-25/h3-4,6-7,9-10,18,24H,2,5,8,11-17,19-20H2,1H3,(H,29,33). The van der Waals surface area contributed by atoms with Crippen LogP contribution in [0.25, 0.3) is 0 Å². The zero-order chi connectivity index (χ0) is 24.9. The molecule has 2 aromatic carbocycles. The van der Waals surface area contributed by atoms with Gasteiger partial charge in [0.1, 0.15) is 13.2 Å². The number of benzene rings is 2. The molecule has 8 nitrogen and oxygen atoms in total. The summed E-state index contributed by atoms with van der Waals surface area (Å²) in [6, 6.07) is 14.1. The summed E-state index contributed by atoms with van der Waals surface area (Å²) >= 11 is 0. The molecule has 0 aliphatic carbocycles. The smallest absolute Gasteiger partial charge is 0.238 e. The van der Waals surface area contributed by atoms with Crippen LogP contribution in [0.3, 0.4) is 0 Å². The molecular formula is C28H36N4O4. The summed E-state index contributed by atoms with van der Waals surface area (Å²) in [4.78, 5) is 32.3. The van der Waals surface area contributed by atoms with Crippen LogP contribution >= 0.6 is 0 Å². The summed E-state index contributed by atoms with van der Waals surface area (Å²) in [6.45, 7) is 7.94. The van der Waals surface area contributed by atoms with Crippen LogP contribution in [0.5, 0.6) is 11.5 Å². The first-order valence-electron chi connectivity index (χ1n) is 13.1. The molecule has 0 saturated carbocycles. The Balaban J connectivity index is 1.10. The molecule has 36 heavy (non-hydrogen) atoms. The van der Waals surface area contributed by atoms with Gasteiger partial charge >= 0.3 is 0 Å². The summed E-state index contributed by atoms with van der Waals surface area (Å²) in [5.41, 5.74) is 3.16. The monoisotopic (exact) mass is 492 g/mol. The molecule has 2 saturated heterocycles. The van der Waals surface area contributed by atoms with E-state index in [9.17, 15) is 9.59 Å². The number of carbonyl (C=O) groups excluding carboxylic acids is 2. The second-order valence-electron chi connectivity index (χ2n) is 9.76. The number of aryl methyl sites for hydroxylation is 1. The molecule has 0 radical (unpaired) electrons. The first kappa shape index (κ1) is 24.6. The predicted molar refractivity (Wildman–Crippen MR) is 138 cm³/mol. The Bertz CT molecular complexity index is 1080. The highest BCUT2D eigenvalue weighted by Crippen LogP contribution is 2.38. The van der Waals surface area contributed by atoms with Gasteiger partial charge in [-0.3, -0.25) is 19.4 Å². The molecule has 8 heteroatoms. The number of nitrogens with one attached hydrogen (secondary N) is 1. The van der Waals surface area contributed by atoms with Crippen molar-refractivity contribution < 1.29 is 19.1 Å². The van der Waals surface area contributed by atoms with Crippen molar-refractivity contribution in [3.8, 4) is 11.5 Å². The first-order valence-corrected chi connectivity index (χ1v) is 13.1. The van der Waals surface area contributed by atoms with E-state index in [0.29, 0.717) is 26.3 Å². The van der Waals surface area contributed by atoms with Crippen LogP contribution in [0.15, 0.2) is 42.5 Å². The Kier molecular flexibility index (Phi) is 7.72. The number of likely N-dealkylation sites (tertiary alicyclic amines) is 1. The van der Waals surface area contributed by atoms with E-state index in [0.717, 1.165) is 80.3 Å². The number of nitrogens with zero attached hydrogens (tertiary/aromatic N) is 3. The molecule has 2 fully saturated rings. The molecule has 0 aromatic heterocycles. The molecule has 3 aliphatic rings. The second-order valence-corrected chi connectivity index (χ2v) is 9.76. The summed E-state index contributed by atoms with van der Waals surface area (Å²) in [6.07, 6.45) is 2.86. The summed E-state index contributed by atoms with van der Waals surface area (Å²) in [5.74, 6) is 1.74. The van der Waals surface area contributed by atoms with Crippen LogP contribution < -0.4 is 14.8 Å². The highest BCUT2D eigenvalue weighted by molar-refractivity contribution is 5.93. The Morgan fingerprint density at radius 1 is 0.917 bits per heavy atom. The molecule has 1 N–H and O–H groups in total. The van der Waals surface area contributed by atoms with Crippen molar-refractivity contribution in [3.63, 3.8) is 0 Å². The molecule has 0 bridgehead atoms. The minimum absolute atomic E-state index is 0.0137. The van der Waals surface area contributed by atoms with Crippen molar-refractivity contribution in [3.05, 3.63) is 53.6 Å². The minimum atomic E-state index is 0.0137. The van der Waals surface area contributed by atoms with Gasteiger partial charge in [-0.05, 0) is 48.6 Å². The maximum Gasteiger partial charge on any atom is 0.238 e. The molecule has 1 atom stereocenters. The lowest BCUT2D eigenvalue weighted by atomic mass is 10.0. The summed E-state index contributed by atoms with van der Waals surface area (Å²) < 4.78 is 11.4. The quantitative estimate of drug-likeness (QED) is 0.641. The summed E-state index contributed by atoms with van der Waals surface area (Å²) in [5, 5.41) is 3.06. The van der Waals surface area contributed by atoms with Gasteiger partial charge in [-0.2, -0.15) is 0 Å². The van der Waals surface area contributed by atoms with E-state index in [1.54, 1.807) is 0 Å². The number of carbonyl (C=O) groups is 2.